The van der Waals surface area contributed by atoms with Crippen LogP contribution in [-0.4, -0.2) is 32.1 Å². The summed E-state index contributed by atoms with van der Waals surface area (Å²) < 4.78 is 37.8. The molecule has 1 aliphatic carbocycles. The van der Waals surface area contributed by atoms with Gasteiger partial charge in [0.1, 0.15) is 5.82 Å². The van der Waals surface area contributed by atoms with E-state index >= 15 is 0 Å². The van der Waals surface area contributed by atoms with Crippen LogP contribution in [0.15, 0.2) is 18.2 Å². The van der Waals surface area contributed by atoms with Crippen molar-refractivity contribution in [1.82, 2.24) is 4.31 Å². The molecule has 2 rings (SSSR count). The number of halogens is 1. The molecule has 1 saturated carbocycles. The normalized spacial score (nSPS) is 23.4. The number of nitrogens with two attached hydrogens (primary N) is 1. The van der Waals surface area contributed by atoms with Gasteiger partial charge in [0.05, 0.1) is 6.26 Å². The zero-order valence-electron chi connectivity index (χ0n) is 12.5. The maximum atomic E-state index is 13.3. The molecule has 1 aliphatic rings. The monoisotopic (exact) mass is 314 g/mol. The molecule has 6 heteroatoms. The van der Waals surface area contributed by atoms with Crippen LogP contribution in [0.2, 0.25) is 0 Å². The van der Waals surface area contributed by atoms with Crippen molar-refractivity contribution in [1.29, 1.82) is 0 Å². The summed E-state index contributed by atoms with van der Waals surface area (Å²) >= 11 is 0. The van der Waals surface area contributed by atoms with Crippen LogP contribution < -0.4 is 5.73 Å². The smallest absolute Gasteiger partial charge is 0.211 e. The van der Waals surface area contributed by atoms with E-state index in [2.05, 4.69) is 0 Å². The van der Waals surface area contributed by atoms with Crippen molar-refractivity contribution in [2.75, 3.05) is 19.0 Å². The Morgan fingerprint density at radius 1 is 1.29 bits per heavy atom. The van der Waals surface area contributed by atoms with Crippen molar-refractivity contribution in [2.45, 2.75) is 38.1 Å². The molecule has 2 N–H and O–H groups in total. The standard InChI is InChI=1S/C15H23FN2O2S/c1-18(21(2,19)20)14-6-3-11(4-7-14)9-12-10-13(16)5-8-15(12)17/h5,8,10-11,14H,3-4,6-7,9,17H2,1-2H3. The van der Waals surface area contributed by atoms with Gasteiger partial charge < -0.3 is 5.73 Å². The minimum Gasteiger partial charge on any atom is -0.399 e. The maximum absolute atomic E-state index is 13.3. The molecule has 0 amide bonds. The summed E-state index contributed by atoms with van der Waals surface area (Å²) in [6, 6.07) is 4.57. The molecule has 4 nitrogen and oxygen atoms in total. The number of hydrogen-bond acceptors (Lipinski definition) is 3. The molecule has 0 atom stereocenters. The second-order valence-electron chi connectivity index (χ2n) is 6.00. The van der Waals surface area contributed by atoms with Gasteiger partial charge >= 0.3 is 0 Å². The minimum atomic E-state index is -3.13. The second kappa shape index (κ2) is 6.32. The topological polar surface area (TPSA) is 63.4 Å². The molecule has 0 aromatic heterocycles. The predicted octanol–water partition coefficient (Wildman–Crippen LogP) is 2.40. The van der Waals surface area contributed by atoms with Gasteiger partial charge in [-0.2, -0.15) is 0 Å². The van der Waals surface area contributed by atoms with Crippen LogP contribution in [0.25, 0.3) is 0 Å². The van der Waals surface area contributed by atoms with Crippen LogP contribution in [0, 0.1) is 11.7 Å². The van der Waals surface area contributed by atoms with Gasteiger partial charge in [-0.3, -0.25) is 0 Å². The number of nitrogen functional groups attached to an aromatic ring is 1. The van der Waals surface area contributed by atoms with Crippen molar-refractivity contribution >= 4 is 15.7 Å². The lowest BCUT2D eigenvalue weighted by atomic mass is 9.82. The summed E-state index contributed by atoms with van der Waals surface area (Å²) in [7, 11) is -1.48. The molecule has 0 heterocycles. The van der Waals surface area contributed by atoms with E-state index in [1.807, 2.05) is 0 Å². The zero-order valence-corrected chi connectivity index (χ0v) is 13.4. The predicted molar refractivity (Wildman–Crippen MR) is 82.9 cm³/mol. The molecule has 0 aliphatic heterocycles. The van der Waals surface area contributed by atoms with Gasteiger partial charge in [0, 0.05) is 18.8 Å². The van der Waals surface area contributed by atoms with E-state index in [9.17, 15) is 12.8 Å². The summed E-state index contributed by atoms with van der Waals surface area (Å²) in [5, 5.41) is 0. The van der Waals surface area contributed by atoms with Gasteiger partial charge in [-0.25, -0.2) is 17.1 Å². The Bertz CT molecular complexity index is 596. The molecule has 0 unspecified atom stereocenters. The molecule has 118 valence electrons. The molecular weight excluding hydrogens is 291 g/mol. The van der Waals surface area contributed by atoms with Crippen molar-refractivity contribution in [3.63, 3.8) is 0 Å². The molecule has 1 fully saturated rings. The van der Waals surface area contributed by atoms with Crippen LogP contribution in [0.5, 0.6) is 0 Å². The first-order chi connectivity index (χ1) is 9.77. The van der Waals surface area contributed by atoms with Gasteiger partial charge in [-0.15, -0.1) is 0 Å². The fraction of sp³-hybridized carbons (Fsp3) is 0.600. The Morgan fingerprint density at radius 2 is 1.90 bits per heavy atom. The largest absolute Gasteiger partial charge is 0.399 e. The zero-order chi connectivity index (χ0) is 15.6. The molecule has 0 spiro atoms. The highest BCUT2D eigenvalue weighted by Gasteiger charge is 2.28. The van der Waals surface area contributed by atoms with Crippen LogP contribution in [0.4, 0.5) is 10.1 Å². The first-order valence-electron chi connectivity index (χ1n) is 7.24. The van der Waals surface area contributed by atoms with E-state index in [-0.39, 0.29) is 11.9 Å². The van der Waals surface area contributed by atoms with Gasteiger partial charge in [-0.05, 0) is 61.8 Å². The number of anilines is 1. The fourth-order valence-corrected chi connectivity index (χ4v) is 3.80. The summed E-state index contributed by atoms with van der Waals surface area (Å²) in [4.78, 5) is 0. The Morgan fingerprint density at radius 3 is 2.48 bits per heavy atom. The molecule has 21 heavy (non-hydrogen) atoms. The highest BCUT2D eigenvalue weighted by Crippen LogP contribution is 2.31. The van der Waals surface area contributed by atoms with E-state index in [1.165, 1.54) is 22.7 Å². The van der Waals surface area contributed by atoms with Gasteiger partial charge in [0.2, 0.25) is 10.0 Å². The number of sulfonamides is 1. The lowest BCUT2D eigenvalue weighted by Crippen LogP contribution is -2.39. The van der Waals surface area contributed by atoms with E-state index in [0.29, 0.717) is 11.6 Å². The van der Waals surface area contributed by atoms with Crippen LogP contribution in [0.3, 0.4) is 0 Å². The molecule has 1 aromatic rings. The lowest BCUT2D eigenvalue weighted by Gasteiger charge is -2.33. The summed E-state index contributed by atoms with van der Waals surface area (Å²) in [5.41, 5.74) is 7.37. The average molecular weight is 314 g/mol. The van der Waals surface area contributed by atoms with Crippen LogP contribution >= 0.6 is 0 Å². The summed E-state index contributed by atoms with van der Waals surface area (Å²) in [6.07, 6.45) is 5.60. The fourth-order valence-electron chi connectivity index (χ4n) is 3.05. The average Bonchev–Trinajstić information content (AvgIpc) is 2.42. The Labute approximate surface area is 126 Å². The van der Waals surface area contributed by atoms with Crippen molar-refractivity contribution in [3.8, 4) is 0 Å². The number of benzene rings is 1. The van der Waals surface area contributed by atoms with E-state index < -0.39 is 10.0 Å². The van der Waals surface area contributed by atoms with Gasteiger partial charge in [0.25, 0.3) is 0 Å². The van der Waals surface area contributed by atoms with E-state index in [4.69, 9.17) is 5.73 Å². The second-order valence-corrected chi connectivity index (χ2v) is 8.04. The van der Waals surface area contributed by atoms with Crippen molar-refractivity contribution in [3.05, 3.63) is 29.6 Å². The SMILES string of the molecule is CN(C1CCC(Cc2cc(F)ccc2N)CC1)S(C)(=O)=O. The first kappa shape index (κ1) is 16.2. The third kappa shape index (κ3) is 4.17. The van der Waals surface area contributed by atoms with E-state index in [0.717, 1.165) is 37.7 Å². The number of rotatable bonds is 4. The van der Waals surface area contributed by atoms with Crippen molar-refractivity contribution < 1.29 is 12.8 Å². The molecule has 1 aromatic carbocycles. The quantitative estimate of drug-likeness (QED) is 0.868. The lowest BCUT2D eigenvalue weighted by molar-refractivity contribution is 0.236. The molecule has 0 saturated heterocycles. The Kier molecular flexibility index (Phi) is 4.88. The minimum absolute atomic E-state index is 0.0844. The number of nitrogens with zero attached hydrogens (tertiary/aromatic N) is 1. The van der Waals surface area contributed by atoms with E-state index in [1.54, 1.807) is 13.1 Å². The Balaban J connectivity index is 1.94. The molecular formula is C15H23FN2O2S. The van der Waals surface area contributed by atoms with Crippen LogP contribution in [0.1, 0.15) is 31.2 Å². The highest BCUT2D eigenvalue weighted by molar-refractivity contribution is 7.88. The molecule has 0 bridgehead atoms. The maximum Gasteiger partial charge on any atom is 0.211 e. The number of hydrogen-bond donors (Lipinski definition) is 1. The van der Waals surface area contributed by atoms with Crippen molar-refractivity contribution in [2.24, 2.45) is 5.92 Å². The summed E-state index contributed by atoms with van der Waals surface area (Å²) in [5.74, 6) is 0.183. The summed E-state index contributed by atoms with van der Waals surface area (Å²) in [6.45, 7) is 0. The van der Waals surface area contributed by atoms with Gasteiger partial charge in [-0.1, -0.05) is 0 Å². The third-order valence-electron chi connectivity index (χ3n) is 4.47. The highest BCUT2D eigenvalue weighted by atomic mass is 32.2. The van der Waals surface area contributed by atoms with Crippen LogP contribution in [-0.2, 0) is 16.4 Å². The third-order valence-corrected chi connectivity index (χ3v) is 5.81. The molecule has 0 radical (unpaired) electrons. The first-order valence-corrected chi connectivity index (χ1v) is 9.09. The van der Waals surface area contributed by atoms with Gasteiger partial charge in [0.15, 0.2) is 0 Å². The Hall–Kier alpha value is -1.14.